The van der Waals surface area contributed by atoms with Gasteiger partial charge in [0.1, 0.15) is 10.5 Å². The molecular formula is C11H10ClF3N2S. The zero-order valence-electron chi connectivity index (χ0n) is 9.14. The summed E-state index contributed by atoms with van der Waals surface area (Å²) in [5.74, 6) is 0. The van der Waals surface area contributed by atoms with Crippen molar-refractivity contribution in [2.75, 3.05) is 5.32 Å². The summed E-state index contributed by atoms with van der Waals surface area (Å²) in [4.78, 5) is 0.0344. The van der Waals surface area contributed by atoms with E-state index in [-0.39, 0.29) is 23.5 Å². The molecule has 0 radical (unpaired) electrons. The summed E-state index contributed by atoms with van der Waals surface area (Å²) in [6, 6.07) is 4.45. The Balaban J connectivity index is 2.35. The molecule has 1 aliphatic carbocycles. The Morgan fingerprint density at radius 3 is 2.44 bits per heavy atom. The second-order valence-electron chi connectivity index (χ2n) is 4.26. The van der Waals surface area contributed by atoms with E-state index in [2.05, 4.69) is 5.32 Å². The minimum atomic E-state index is -4.30. The number of nitrogens with two attached hydrogens (primary N) is 1. The fourth-order valence-electron chi connectivity index (χ4n) is 1.70. The van der Waals surface area contributed by atoms with E-state index >= 15 is 0 Å². The normalized spacial score (nSPS) is 17.3. The largest absolute Gasteiger partial charge is 0.411 e. The van der Waals surface area contributed by atoms with Gasteiger partial charge < -0.3 is 11.1 Å². The Hall–Kier alpha value is -1.01. The van der Waals surface area contributed by atoms with Crippen molar-refractivity contribution in [1.82, 2.24) is 0 Å². The maximum Gasteiger partial charge on any atom is 0.411 e. The van der Waals surface area contributed by atoms with Crippen LogP contribution in [-0.4, -0.2) is 16.7 Å². The van der Waals surface area contributed by atoms with Crippen molar-refractivity contribution < 1.29 is 13.2 Å². The number of hydrogen-bond donors (Lipinski definition) is 2. The molecule has 2 rings (SSSR count). The number of alkyl halides is 3. The molecule has 0 bridgehead atoms. The number of hydrogen-bond acceptors (Lipinski definition) is 2. The summed E-state index contributed by atoms with van der Waals surface area (Å²) in [7, 11) is 0. The highest BCUT2D eigenvalue weighted by Gasteiger charge is 2.63. The summed E-state index contributed by atoms with van der Waals surface area (Å²) >= 11 is 10.6. The number of rotatable bonds is 3. The van der Waals surface area contributed by atoms with Crippen molar-refractivity contribution in [2.45, 2.75) is 24.6 Å². The molecular weight excluding hydrogens is 285 g/mol. The molecule has 3 N–H and O–H groups in total. The van der Waals surface area contributed by atoms with Crippen LogP contribution in [0.1, 0.15) is 18.4 Å². The molecule has 1 saturated carbocycles. The average molecular weight is 295 g/mol. The van der Waals surface area contributed by atoms with Gasteiger partial charge in [0, 0.05) is 16.3 Å². The second kappa shape index (κ2) is 4.28. The van der Waals surface area contributed by atoms with Crippen LogP contribution in [0, 0.1) is 0 Å². The first-order chi connectivity index (χ1) is 8.25. The topological polar surface area (TPSA) is 38.0 Å². The van der Waals surface area contributed by atoms with Gasteiger partial charge in [0.25, 0.3) is 0 Å². The van der Waals surface area contributed by atoms with E-state index in [0.29, 0.717) is 10.6 Å². The first kappa shape index (κ1) is 13.4. The van der Waals surface area contributed by atoms with E-state index in [1.54, 1.807) is 0 Å². The first-order valence-electron chi connectivity index (χ1n) is 5.19. The van der Waals surface area contributed by atoms with Gasteiger partial charge in [0.05, 0.1) is 0 Å². The summed E-state index contributed by atoms with van der Waals surface area (Å²) < 4.78 is 38.6. The highest BCUT2D eigenvalue weighted by atomic mass is 35.5. The first-order valence-corrected chi connectivity index (χ1v) is 5.98. The van der Waals surface area contributed by atoms with Crippen LogP contribution in [0.2, 0.25) is 5.02 Å². The van der Waals surface area contributed by atoms with Gasteiger partial charge in [-0.2, -0.15) is 13.2 Å². The van der Waals surface area contributed by atoms with E-state index in [9.17, 15) is 13.2 Å². The number of nitrogens with one attached hydrogen (secondary N) is 1. The molecule has 0 aromatic heterocycles. The van der Waals surface area contributed by atoms with E-state index in [0.717, 1.165) is 0 Å². The van der Waals surface area contributed by atoms with Gasteiger partial charge in [-0.25, -0.2) is 0 Å². The van der Waals surface area contributed by atoms with Gasteiger partial charge >= 0.3 is 6.18 Å². The van der Waals surface area contributed by atoms with Crippen LogP contribution >= 0.6 is 23.8 Å². The van der Waals surface area contributed by atoms with Crippen molar-refractivity contribution in [3.8, 4) is 0 Å². The molecule has 0 spiro atoms. The number of thiocarbonyl (C=S) groups is 1. The fraction of sp³-hybridized carbons (Fsp3) is 0.364. The molecule has 0 heterocycles. The third-order valence-corrected chi connectivity index (χ3v) is 3.37. The lowest BCUT2D eigenvalue weighted by Gasteiger charge is -2.23. The summed E-state index contributed by atoms with van der Waals surface area (Å²) in [6.07, 6.45) is -4.22. The molecule has 1 aliphatic rings. The van der Waals surface area contributed by atoms with Gasteiger partial charge in [0.2, 0.25) is 0 Å². The van der Waals surface area contributed by atoms with E-state index in [1.807, 2.05) is 0 Å². The third-order valence-electron chi connectivity index (χ3n) is 2.91. The molecule has 2 nitrogen and oxygen atoms in total. The SMILES string of the molecule is NC(=S)c1ccc(Cl)cc1NC1(C(F)(F)F)CC1. The molecule has 18 heavy (non-hydrogen) atoms. The van der Waals surface area contributed by atoms with Crippen LogP contribution in [-0.2, 0) is 0 Å². The van der Waals surface area contributed by atoms with E-state index in [4.69, 9.17) is 29.6 Å². The molecule has 0 saturated heterocycles. The minimum Gasteiger partial charge on any atom is -0.389 e. The van der Waals surface area contributed by atoms with Crippen molar-refractivity contribution >= 4 is 34.5 Å². The highest BCUT2D eigenvalue weighted by Crippen LogP contribution is 2.51. The van der Waals surface area contributed by atoms with Crippen LogP contribution in [0.3, 0.4) is 0 Å². The summed E-state index contributed by atoms with van der Waals surface area (Å²) in [5, 5.41) is 2.81. The molecule has 0 amide bonds. The molecule has 0 unspecified atom stereocenters. The molecule has 1 fully saturated rings. The van der Waals surface area contributed by atoms with Crippen molar-refractivity contribution in [3.63, 3.8) is 0 Å². The van der Waals surface area contributed by atoms with Crippen LogP contribution < -0.4 is 11.1 Å². The zero-order chi connectivity index (χ0) is 13.6. The standard InChI is InChI=1S/C11H10ClF3N2S/c12-6-1-2-7(9(16)18)8(5-6)17-10(3-4-10)11(13,14)15/h1-2,5,17H,3-4H2,(H2,16,18). The van der Waals surface area contributed by atoms with Gasteiger partial charge in [-0.3, -0.25) is 0 Å². The van der Waals surface area contributed by atoms with E-state index < -0.39 is 11.7 Å². The predicted octanol–water partition coefficient (Wildman–Crippen LogP) is 3.48. The second-order valence-corrected chi connectivity index (χ2v) is 5.14. The number of anilines is 1. The smallest absolute Gasteiger partial charge is 0.389 e. The Bertz CT molecular complexity index is 498. The Morgan fingerprint density at radius 2 is 2.00 bits per heavy atom. The van der Waals surface area contributed by atoms with Crippen LogP contribution in [0.25, 0.3) is 0 Å². The van der Waals surface area contributed by atoms with Crippen molar-refractivity contribution in [2.24, 2.45) is 5.73 Å². The van der Waals surface area contributed by atoms with E-state index in [1.165, 1.54) is 18.2 Å². The van der Waals surface area contributed by atoms with Gasteiger partial charge in [-0.1, -0.05) is 23.8 Å². The summed E-state index contributed by atoms with van der Waals surface area (Å²) in [5.41, 5.74) is 4.21. The highest BCUT2D eigenvalue weighted by molar-refractivity contribution is 7.80. The lowest BCUT2D eigenvalue weighted by Crippen LogP contribution is -2.39. The molecule has 0 aliphatic heterocycles. The van der Waals surface area contributed by atoms with Gasteiger partial charge in [0.15, 0.2) is 0 Å². The molecule has 98 valence electrons. The molecule has 1 aromatic rings. The lowest BCUT2D eigenvalue weighted by atomic mass is 10.1. The molecule has 1 aromatic carbocycles. The fourth-order valence-corrected chi connectivity index (χ4v) is 2.05. The van der Waals surface area contributed by atoms with Gasteiger partial charge in [-0.05, 0) is 31.0 Å². The minimum absolute atomic E-state index is 0.0344. The molecule has 7 heteroatoms. The van der Waals surface area contributed by atoms with Crippen LogP contribution in [0.4, 0.5) is 18.9 Å². The number of halogens is 4. The zero-order valence-corrected chi connectivity index (χ0v) is 10.7. The maximum absolute atomic E-state index is 12.9. The predicted molar refractivity (Wildman–Crippen MR) is 69.0 cm³/mol. The van der Waals surface area contributed by atoms with Crippen molar-refractivity contribution in [1.29, 1.82) is 0 Å². The quantitative estimate of drug-likeness (QED) is 0.838. The van der Waals surface area contributed by atoms with Crippen LogP contribution in [0.15, 0.2) is 18.2 Å². The number of benzene rings is 1. The molecule has 0 atom stereocenters. The Morgan fingerprint density at radius 1 is 1.39 bits per heavy atom. The monoisotopic (exact) mass is 294 g/mol. The average Bonchev–Trinajstić information content (AvgIpc) is 2.97. The van der Waals surface area contributed by atoms with Gasteiger partial charge in [-0.15, -0.1) is 0 Å². The van der Waals surface area contributed by atoms with Crippen molar-refractivity contribution in [3.05, 3.63) is 28.8 Å². The Kier molecular flexibility index (Phi) is 3.19. The third kappa shape index (κ3) is 2.40. The summed E-state index contributed by atoms with van der Waals surface area (Å²) in [6.45, 7) is 0. The maximum atomic E-state index is 12.9. The van der Waals surface area contributed by atoms with Crippen LogP contribution in [0.5, 0.6) is 0 Å². The lowest BCUT2D eigenvalue weighted by molar-refractivity contribution is -0.151. The Labute approximate surface area is 112 Å².